The Hall–Kier alpha value is -2.56. The predicted octanol–water partition coefficient (Wildman–Crippen LogP) is 3.12. The normalized spacial score (nSPS) is 10.2. The molecule has 4 nitrogen and oxygen atoms in total. The van der Waals surface area contributed by atoms with E-state index < -0.39 is 11.8 Å². The molecule has 2 aromatic carbocycles. The number of carbonyl (C=O) groups excluding carboxylic acids is 1. The van der Waals surface area contributed by atoms with Gasteiger partial charge in [-0.25, -0.2) is 9.18 Å². The Morgan fingerprint density at radius 2 is 2.10 bits per heavy atom. The van der Waals surface area contributed by atoms with Crippen molar-refractivity contribution in [3.63, 3.8) is 0 Å². The van der Waals surface area contributed by atoms with Gasteiger partial charge in [-0.15, -0.1) is 0 Å². The van der Waals surface area contributed by atoms with Crippen molar-refractivity contribution in [2.24, 2.45) is 0 Å². The first-order valence-corrected chi connectivity index (χ1v) is 6.48. The molecule has 0 saturated carbocycles. The Kier molecular flexibility index (Phi) is 4.42. The zero-order chi connectivity index (χ0) is 15.4. The Morgan fingerprint density at radius 1 is 1.33 bits per heavy atom. The van der Waals surface area contributed by atoms with Gasteiger partial charge >= 0.3 is 5.97 Å². The van der Waals surface area contributed by atoms with E-state index in [2.05, 4.69) is 10.1 Å². The molecular weight excluding hydrogens is 271 g/mol. The zero-order valence-electron chi connectivity index (χ0n) is 11.9. The van der Waals surface area contributed by atoms with Crippen LogP contribution in [0.2, 0.25) is 0 Å². The van der Waals surface area contributed by atoms with Crippen molar-refractivity contribution in [3.05, 3.63) is 58.9 Å². The molecule has 0 heterocycles. The summed E-state index contributed by atoms with van der Waals surface area (Å²) in [6, 6.07) is 10.4. The van der Waals surface area contributed by atoms with Gasteiger partial charge in [0.2, 0.25) is 0 Å². The molecule has 2 rings (SSSR count). The molecule has 0 fully saturated rings. The fraction of sp³-hybridized carbons (Fsp3) is 0.188. The van der Waals surface area contributed by atoms with E-state index in [1.54, 1.807) is 0 Å². The average Bonchev–Trinajstić information content (AvgIpc) is 2.45. The van der Waals surface area contributed by atoms with Crippen LogP contribution >= 0.6 is 0 Å². The van der Waals surface area contributed by atoms with E-state index in [-0.39, 0.29) is 16.9 Å². The smallest absolute Gasteiger partial charge is 0.340 e. The van der Waals surface area contributed by atoms with Crippen molar-refractivity contribution in [1.29, 1.82) is 0 Å². The quantitative estimate of drug-likeness (QED) is 0.670. The molecule has 0 amide bonds. The first-order valence-electron chi connectivity index (χ1n) is 6.48. The molecule has 0 aromatic heterocycles. The highest BCUT2D eigenvalue weighted by Crippen LogP contribution is 2.23. The summed E-state index contributed by atoms with van der Waals surface area (Å²) in [7, 11) is 1.25. The lowest BCUT2D eigenvalue weighted by Gasteiger charge is -2.11. The molecule has 0 saturated heterocycles. The number of esters is 1. The predicted molar refractivity (Wildman–Crippen MR) is 80.7 cm³/mol. The van der Waals surface area contributed by atoms with Crippen LogP contribution in [0.15, 0.2) is 36.4 Å². The van der Waals surface area contributed by atoms with Crippen LogP contribution in [-0.4, -0.2) is 13.1 Å². The molecule has 0 aliphatic carbocycles. The van der Waals surface area contributed by atoms with E-state index in [4.69, 9.17) is 5.73 Å². The fourth-order valence-corrected chi connectivity index (χ4v) is 2.03. The topological polar surface area (TPSA) is 64.3 Å². The molecule has 0 radical (unpaired) electrons. The van der Waals surface area contributed by atoms with Gasteiger partial charge < -0.3 is 15.8 Å². The second kappa shape index (κ2) is 6.26. The number of hydrogen-bond donors (Lipinski definition) is 2. The largest absolute Gasteiger partial charge is 0.465 e. The molecule has 2 aromatic rings. The molecule has 0 spiro atoms. The minimum atomic E-state index is -0.592. The lowest BCUT2D eigenvalue weighted by atomic mass is 10.1. The summed E-state index contributed by atoms with van der Waals surface area (Å²) in [5.41, 5.74) is 8.19. The average molecular weight is 288 g/mol. The monoisotopic (exact) mass is 288 g/mol. The number of methoxy groups -OCH3 is 1. The highest BCUT2D eigenvalue weighted by atomic mass is 19.1. The lowest BCUT2D eigenvalue weighted by Crippen LogP contribution is -2.09. The molecule has 0 aliphatic heterocycles. The van der Waals surface area contributed by atoms with E-state index in [9.17, 15) is 9.18 Å². The number of halogens is 1. The SMILES string of the molecule is COC(=O)c1cc(NCc2cccc(C)c2)c(F)cc1N. The van der Waals surface area contributed by atoms with Crippen LogP contribution in [0.3, 0.4) is 0 Å². The van der Waals surface area contributed by atoms with E-state index in [0.717, 1.165) is 17.2 Å². The van der Waals surface area contributed by atoms with E-state index in [0.29, 0.717) is 6.54 Å². The van der Waals surface area contributed by atoms with Gasteiger partial charge in [0.1, 0.15) is 5.82 Å². The number of benzene rings is 2. The van der Waals surface area contributed by atoms with Crippen molar-refractivity contribution in [1.82, 2.24) is 0 Å². The number of anilines is 2. The van der Waals surface area contributed by atoms with Gasteiger partial charge in [-0.3, -0.25) is 0 Å². The molecule has 5 heteroatoms. The summed E-state index contributed by atoms with van der Waals surface area (Å²) < 4.78 is 18.5. The summed E-state index contributed by atoms with van der Waals surface area (Å²) >= 11 is 0. The maximum absolute atomic E-state index is 13.9. The van der Waals surface area contributed by atoms with Gasteiger partial charge in [0.15, 0.2) is 0 Å². The molecule has 0 bridgehead atoms. The zero-order valence-corrected chi connectivity index (χ0v) is 11.9. The van der Waals surface area contributed by atoms with Crippen LogP contribution in [0, 0.1) is 12.7 Å². The lowest BCUT2D eigenvalue weighted by molar-refractivity contribution is 0.0602. The molecular formula is C16H17FN2O2. The maximum atomic E-state index is 13.9. The third kappa shape index (κ3) is 3.51. The number of nitrogen functional groups attached to an aromatic ring is 1. The number of carbonyl (C=O) groups is 1. The highest BCUT2D eigenvalue weighted by molar-refractivity contribution is 5.96. The Labute approximate surface area is 122 Å². The van der Waals surface area contributed by atoms with E-state index >= 15 is 0 Å². The fourth-order valence-electron chi connectivity index (χ4n) is 2.03. The minimum Gasteiger partial charge on any atom is -0.465 e. The summed E-state index contributed by atoms with van der Waals surface area (Å²) in [6.45, 7) is 2.44. The van der Waals surface area contributed by atoms with Crippen LogP contribution < -0.4 is 11.1 Å². The molecule has 0 aliphatic rings. The maximum Gasteiger partial charge on any atom is 0.340 e. The molecule has 0 atom stereocenters. The van der Waals surface area contributed by atoms with Crippen molar-refractivity contribution in [2.75, 3.05) is 18.2 Å². The third-order valence-electron chi connectivity index (χ3n) is 3.11. The summed E-state index contributed by atoms with van der Waals surface area (Å²) in [4.78, 5) is 11.6. The van der Waals surface area contributed by atoms with Gasteiger partial charge in [-0.2, -0.15) is 0 Å². The van der Waals surface area contributed by atoms with Crippen LogP contribution in [0.5, 0.6) is 0 Å². The third-order valence-corrected chi connectivity index (χ3v) is 3.11. The van der Waals surface area contributed by atoms with Gasteiger partial charge in [0.05, 0.1) is 18.4 Å². The molecule has 0 unspecified atom stereocenters. The van der Waals surface area contributed by atoms with Gasteiger partial charge in [-0.05, 0) is 24.6 Å². The number of nitrogens with one attached hydrogen (secondary N) is 1. The molecule has 3 N–H and O–H groups in total. The summed E-state index contributed by atoms with van der Waals surface area (Å²) in [5.74, 6) is -1.10. The number of aryl methyl sites for hydroxylation is 1. The van der Waals surface area contributed by atoms with Gasteiger partial charge in [-0.1, -0.05) is 29.8 Å². The van der Waals surface area contributed by atoms with E-state index in [1.165, 1.54) is 13.2 Å². The second-order valence-electron chi connectivity index (χ2n) is 4.75. The van der Waals surface area contributed by atoms with Crippen LogP contribution in [0.25, 0.3) is 0 Å². The van der Waals surface area contributed by atoms with Crippen LogP contribution in [0.4, 0.5) is 15.8 Å². The van der Waals surface area contributed by atoms with Gasteiger partial charge in [0, 0.05) is 12.2 Å². The number of hydrogen-bond acceptors (Lipinski definition) is 4. The molecule has 21 heavy (non-hydrogen) atoms. The van der Waals surface area contributed by atoms with Crippen molar-refractivity contribution >= 4 is 17.3 Å². The van der Waals surface area contributed by atoms with E-state index in [1.807, 2.05) is 31.2 Å². The number of rotatable bonds is 4. The minimum absolute atomic E-state index is 0.0560. The number of ether oxygens (including phenoxy) is 1. The van der Waals surface area contributed by atoms with Crippen LogP contribution in [0.1, 0.15) is 21.5 Å². The van der Waals surface area contributed by atoms with Crippen molar-refractivity contribution in [2.45, 2.75) is 13.5 Å². The van der Waals surface area contributed by atoms with Crippen molar-refractivity contribution < 1.29 is 13.9 Å². The summed E-state index contributed by atoms with van der Waals surface area (Å²) in [5, 5.41) is 2.96. The Morgan fingerprint density at radius 3 is 2.76 bits per heavy atom. The molecule has 110 valence electrons. The van der Waals surface area contributed by atoms with Crippen LogP contribution in [-0.2, 0) is 11.3 Å². The Bertz CT molecular complexity index is 671. The van der Waals surface area contributed by atoms with Crippen molar-refractivity contribution in [3.8, 4) is 0 Å². The Balaban J connectivity index is 2.21. The van der Waals surface area contributed by atoms with Gasteiger partial charge in [0.25, 0.3) is 0 Å². The first-order chi connectivity index (χ1) is 10.0. The standard InChI is InChI=1S/C16H17FN2O2/c1-10-4-3-5-11(6-10)9-19-15-7-12(16(20)21-2)14(18)8-13(15)17/h3-8,19H,9,18H2,1-2H3. The first kappa shape index (κ1) is 14.8. The second-order valence-corrected chi connectivity index (χ2v) is 4.75. The summed E-state index contributed by atoms with van der Waals surface area (Å²) in [6.07, 6.45) is 0. The highest BCUT2D eigenvalue weighted by Gasteiger charge is 2.14. The number of nitrogens with two attached hydrogens (primary N) is 1.